The van der Waals surface area contributed by atoms with Crippen molar-refractivity contribution >= 4 is 21.6 Å². The molecule has 2 nitrogen and oxygen atoms in total. The van der Waals surface area contributed by atoms with Crippen LogP contribution in [0.25, 0.3) is 0 Å². The van der Waals surface area contributed by atoms with Gasteiger partial charge in [0.1, 0.15) is 5.75 Å². The van der Waals surface area contributed by atoms with Crippen molar-refractivity contribution in [1.82, 2.24) is 0 Å². The first-order chi connectivity index (χ1) is 5.75. The minimum Gasteiger partial charge on any atom is -0.488 e. The molecule has 0 spiro atoms. The van der Waals surface area contributed by atoms with Gasteiger partial charge in [-0.05, 0) is 31.0 Å². The fourth-order valence-electron chi connectivity index (χ4n) is 0.976. The smallest absolute Gasteiger partial charge is 0.143 e. The maximum absolute atomic E-state index is 5.72. The van der Waals surface area contributed by atoms with Crippen molar-refractivity contribution in [3.05, 3.63) is 22.7 Å². The van der Waals surface area contributed by atoms with E-state index in [0.29, 0.717) is 11.8 Å². The van der Waals surface area contributed by atoms with E-state index in [-0.39, 0.29) is 0 Å². The predicted molar refractivity (Wildman–Crippen MR) is 52.2 cm³/mol. The minimum absolute atomic E-state index is 0.404. The largest absolute Gasteiger partial charge is 0.488 e. The summed E-state index contributed by atoms with van der Waals surface area (Å²) in [7, 11) is 0. The van der Waals surface area contributed by atoms with Crippen LogP contribution in [0.2, 0.25) is 0 Å². The van der Waals surface area contributed by atoms with Gasteiger partial charge in [-0.25, -0.2) is 0 Å². The fourth-order valence-corrected chi connectivity index (χ4v) is 1.32. The SMILES string of the molecule is Nc1ccc(Br)cc1OC1CC1. The molecule has 0 amide bonds. The summed E-state index contributed by atoms with van der Waals surface area (Å²) in [5, 5.41) is 0. The normalized spacial score (nSPS) is 16.1. The Labute approximate surface area is 79.8 Å². The van der Waals surface area contributed by atoms with Gasteiger partial charge in [0, 0.05) is 4.47 Å². The topological polar surface area (TPSA) is 35.2 Å². The second-order valence-electron chi connectivity index (χ2n) is 3.00. The van der Waals surface area contributed by atoms with Crippen molar-refractivity contribution < 1.29 is 4.74 Å². The molecule has 0 aliphatic heterocycles. The standard InChI is InChI=1S/C9H10BrNO/c10-6-1-4-8(11)9(5-6)12-7-2-3-7/h1,4-5,7H,2-3,11H2. The number of nitrogen functional groups attached to an aromatic ring is 1. The van der Waals surface area contributed by atoms with Gasteiger partial charge < -0.3 is 10.5 Å². The molecule has 64 valence electrons. The summed E-state index contributed by atoms with van der Waals surface area (Å²) in [4.78, 5) is 0. The molecule has 0 heterocycles. The second kappa shape index (κ2) is 2.98. The average molecular weight is 228 g/mol. The highest BCUT2D eigenvalue weighted by atomic mass is 79.9. The van der Waals surface area contributed by atoms with Crippen LogP contribution in [0.4, 0.5) is 5.69 Å². The lowest BCUT2D eigenvalue weighted by Crippen LogP contribution is -1.99. The van der Waals surface area contributed by atoms with Crippen LogP contribution in [-0.2, 0) is 0 Å². The van der Waals surface area contributed by atoms with Gasteiger partial charge in [0.15, 0.2) is 0 Å². The highest BCUT2D eigenvalue weighted by Gasteiger charge is 2.24. The lowest BCUT2D eigenvalue weighted by molar-refractivity contribution is 0.305. The minimum atomic E-state index is 0.404. The van der Waals surface area contributed by atoms with Gasteiger partial charge >= 0.3 is 0 Å². The van der Waals surface area contributed by atoms with Gasteiger partial charge in [-0.2, -0.15) is 0 Å². The summed E-state index contributed by atoms with van der Waals surface area (Å²) in [6.07, 6.45) is 2.72. The lowest BCUT2D eigenvalue weighted by Gasteiger charge is -2.07. The summed E-state index contributed by atoms with van der Waals surface area (Å²) >= 11 is 3.37. The molecule has 3 heteroatoms. The maximum atomic E-state index is 5.72. The number of nitrogens with two attached hydrogens (primary N) is 1. The highest BCUT2D eigenvalue weighted by Crippen LogP contribution is 2.32. The van der Waals surface area contributed by atoms with E-state index < -0.39 is 0 Å². The molecule has 0 saturated heterocycles. The third kappa shape index (κ3) is 1.72. The van der Waals surface area contributed by atoms with E-state index in [0.717, 1.165) is 23.1 Å². The third-order valence-electron chi connectivity index (χ3n) is 1.79. The molecule has 0 atom stereocenters. The number of benzene rings is 1. The Morgan fingerprint density at radius 2 is 2.17 bits per heavy atom. The van der Waals surface area contributed by atoms with Gasteiger partial charge in [0.2, 0.25) is 0 Å². The van der Waals surface area contributed by atoms with Gasteiger partial charge in [0.05, 0.1) is 11.8 Å². The number of hydrogen-bond acceptors (Lipinski definition) is 2. The molecule has 1 aromatic carbocycles. The molecule has 2 rings (SSSR count). The molecule has 1 aromatic rings. The van der Waals surface area contributed by atoms with Crippen molar-refractivity contribution in [3.8, 4) is 5.75 Å². The monoisotopic (exact) mass is 227 g/mol. The first kappa shape index (κ1) is 7.92. The zero-order valence-corrected chi connectivity index (χ0v) is 8.17. The Morgan fingerprint density at radius 1 is 1.42 bits per heavy atom. The van der Waals surface area contributed by atoms with Crippen LogP contribution in [0, 0.1) is 0 Å². The average Bonchev–Trinajstić information content (AvgIpc) is 2.81. The number of halogens is 1. The zero-order valence-electron chi connectivity index (χ0n) is 6.59. The first-order valence-electron chi connectivity index (χ1n) is 3.97. The highest BCUT2D eigenvalue weighted by molar-refractivity contribution is 9.10. The fraction of sp³-hybridized carbons (Fsp3) is 0.333. The molecule has 1 aliphatic carbocycles. The predicted octanol–water partition coefficient (Wildman–Crippen LogP) is 2.57. The van der Waals surface area contributed by atoms with E-state index in [9.17, 15) is 0 Å². The molecular formula is C9H10BrNO. The van der Waals surface area contributed by atoms with Gasteiger partial charge in [-0.1, -0.05) is 15.9 Å². The van der Waals surface area contributed by atoms with E-state index in [4.69, 9.17) is 10.5 Å². The summed E-state index contributed by atoms with van der Waals surface area (Å²) < 4.78 is 6.59. The number of hydrogen-bond donors (Lipinski definition) is 1. The molecule has 1 aliphatic rings. The van der Waals surface area contributed by atoms with Crippen LogP contribution >= 0.6 is 15.9 Å². The van der Waals surface area contributed by atoms with Crippen LogP contribution < -0.4 is 10.5 Å². The second-order valence-corrected chi connectivity index (χ2v) is 3.92. The van der Waals surface area contributed by atoms with Crippen molar-refractivity contribution in [2.45, 2.75) is 18.9 Å². The Balaban J connectivity index is 2.21. The number of anilines is 1. The van der Waals surface area contributed by atoms with Gasteiger partial charge in [0.25, 0.3) is 0 Å². The lowest BCUT2D eigenvalue weighted by atomic mass is 10.3. The van der Waals surface area contributed by atoms with Crippen LogP contribution in [0.5, 0.6) is 5.75 Å². The van der Waals surface area contributed by atoms with Gasteiger partial charge in [-0.3, -0.25) is 0 Å². The van der Waals surface area contributed by atoms with Crippen LogP contribution in [0.3, 0.4) is 0 Å². The van der Waals surface area contributed by atoms with Gasteiger partial charge in [-0.15, -0.1) is 0 Å². The molecular weight excluding hydrogens is 218 g/mol. The Bertz CT molecular complexity index is 297. The molecule has 12 heavy (non-hydrogen) atoms. The molecule has 1 fully saturated rings. The summed E-state index contributed by atoms with van der Waals surface area (Å²) in [6.45, 7) is 0. The van der Waals surface area contributed by atoms with Crippen LogP contribution in [0.1, 0.15) is 12.8 Å². The van der Waals surface area contributed by atoms with Crippen LogP contribution in [-0.4, -0.2) is 6.10 Å². The molecule has 0 bridgehead atoms. The third-order valence-corrected chi connectivity index (χ3v) is 2.29. The van der Waals surface area contributed by atoms with Crippen LogP contribution in [0.15, 0.2) is 22.7 Å². The molecule has 1 saturated carbocycles. The number of rotatable bonds is 2. The Hall–Kier alpha value is -0.700. The Morgan fingerprint density at radius 3 is 2.83 bits per heavy atom. The van der Waals surface area contributed by atoms with E-state index in [2.05, 4.69) is 15.9 Å². The van der Waals surface area contributed by atoms with Crippen molar-refractivity contribution in [2.75, 3.05) is 5.73 Å². The zero-order chi connectivity index (χ0) is 8.55. The van der Waals surface area contributed by atoms with E-state index >= 15 is 0 Å². The summed E-state index contributed by atoms with van der Waals surface area (Å²) in [5.74, 6) is 0.798. The van der Waals surface area contributed by atoms with Crippen molar-refractivity contribution in [1.29, 1.82) is 0 Å². The van der Waals surface area contributed by atoms with Crippen molar-refractivity contribution in [3.63, 3.8) is 0 Å². The molecule has 0 unspecified atom stereocenters. The van der Waals surface area contributed by atoms with E-state index in [1.165, 1.54) is 0 Å². The Kier molecular flexibility index (Phi) is 1.97. The number of ether oxygens (including phenoxy) is 1. The maximum Gasteiger partial charge on any atom is 0.143 e. The van der Waals surface area contributed by atoms with E-state index in [1.54, 1.807) is 0 Å². The summed E-state index contributed by atoms with van der Waals surface area (Å²) in [5.41, 5.74) is 6.43. The van der Waals surface area contributed by atoms with Crippen molar-refractivity contribution in [2.24, 2.45) is 0 Å². The summed E-state index contributed by atoms with van der Waals surface area (Å²) in [6, 6.07) is 5.67. The molecule has 0 radical (unpaired) electrons. The van der Waals surface area contributed by atoms with E-state index in [1.807, 2.05) is 18.2 Å². The molecule has 2 N–H and O–H groups in total. The quantitative estimate of drug-likeness (QED) is 0.789. The first-order valence-corrected chi connectivity index (χ1v) is 4.77. The molecule has 0 aromatic heterocycles.